The summed E-state index contributed by atoms with van der Waals surface area (Å²) in [7, 11) is 0. The van der Waals surface area contributed by atoms with Gasteiger partial charge in [0.1, 0.15) is 0 Å². The highest BCUT2D eigenvalue weighted by Gasteiger charge is 1.34. The summed E-state index contributed by atoms with van der Waals surface area (Å²) in [4.78, 5) is 0. The average molecular weight is 334 g/mol. The lowest BCUT2D eigenvalue weighted by molar-refractivity contribution is 0.318. The van der Waals surface area contributed by atoms with Crippen LogP contribution in [0.3, 0.4) is 0 Å². The Labute approximate surface area is 108 Å². The molecule has 148 valence electrons. The molecule has 0 aromatic rings. The molecule has 0 aliphatic heterocycles. The van der Waals surface area contributed by atoms with Crippen LogP contribution in [0, 0.1) is 0 Å². The first-order valence-electron chi connectivity index (χ1n) is 1.02. The van der Waals surface area contributed by atoms with Gasteiger partial charge < -0.3 is 92.7 Å². The smallest absolute Gasteiger partial charge is 0.0402 e. The van der Waals surface area contributed by atoms with E-state index in [-0.39, 0.29) is 94.2 Å². The Morgan fingerprint density at radius 2 is 0.368 bits per heavy atom. The van der Waals surface area contributed by atoms with Crippen molar-refractivity contribution >= 4 is 0 Å². The lowest BCUT2D eigenvalue weighted by Gasteiger charge is -1.52. The lowest BCUT2D eigenvalue weighted by atomic mass is 10.9. The van der Waals surface area contributed by atoms with E-state index in [4.69, 9.17) is 5.11 Å². The number of rotatable bonds is 0. The van der Waals surface area contributed by atoms with E-state index in [1.54, 1.807) is 6.92 Å². The number of aliphatic hydroxyl groups is 1. The molecule has 0 heterocycles. The minimum atomic E-state index is 0. The van der Waals surface area contributed by atoms with Crippen molar-refractivity contribution in [3.63, 3.8) is 0 Å². The van der Waals surface area contributed by atoms with Gasteiger partial charge in [0.2, 0.25) is 0 Å². The molecular formula is C2H38O17. The van der Waals surface area contributed by atoms with Crippen LogP contribution >= 0.6 is 0 Å². The molecule has 0 aromatic heterocycles. The Kier molecular flexibility index (Phi) is 7480000. The van der Waals surface area contributed by atoms with Gasteiger partial charge >= 0.3 is 0 Å². The molecule has 0 rings (SSSR count). The fourth-order valence-corrected chi connectivity index (χ4v) is 0. The minimum absolute atomic E-state index is 0. The summed E-state index contributed by atoms with van der Waals surface area (Å²) in [5.74, 6) is 0. The maximum atomic E-state index is 7.57. The third-order valence-corrected chi connectivity index (χ3v) is 0. The van der Waals surface area contributed by atoms with Gasteiger partial charge in [-0.1, -0.05) is 0 Å². The van der Waals surface area contributed by atoms with Gasteiger partial charge in [-0.05, 0) is 6.92 Å². The highest BCUT2D eigenvalue weighted by atomic mass is 16.2. The Morgan fingerprint density at radius 1 is 0.368 bits per heavy atom. The van der Waals surface area contributed by atoms with E-state index in [1.807, 2.05) is 0 Å². The zero-order chi connectivity index (χ0) is 2.71. The molecule has 17 heteroatoms. The third kappa shape index (κ3) is 8790. The van der Waals surface area contributed by atoms with Crippen molar-refractivity contribution < 1.29 is 92.7 Å². The molecule has 0 aliphatic carbocycles. The Balaban J connectivity index is -0.000000000167. The predicted octanol–water partition coefficient (Wildman–Crippen LogP) is -13.2. The van der Waals surface area contributed by atoms with Crippen LogP contribution in [0.15, 0.2) is 0 Å². The van der Waals surface area contributed by atoms with Crippen LogP contribution in [-0.4, -0.2) is 99.3 Å². The molecule has 0 amide bonds. The minimum Gasteiger partial charge on any atom is -0.412 e. The van der Waals surface area contributed by atoms with E-state index in [9.17, 15) is 0 Å². The molecule has 0 aromatic carbocycles. The average Bonchev–Trinajstić information content (AvgIpc) is 0.918. The van der Waals surface area contributed by atoms with Gasteiger partial charge in [-0.15, -0.1) is 0 Å². The first kappa shape index (κ1) is 3150. The fourth-order valence-electron chi connectivity index (χ4n) is 0. The van der Waals surface area contributed by atoms with Crippen molar-refractivity contribution in [3.05, 3.63) is 0 Å². The monoisotopic (exact) mass is 334 g/mol. The van der Waals surface area contributed by atoms with Crippen LogP contribution in [0.1, 0.15) is 6.92 Å². The van der Waals surface area contributed by atoms with Gasteiger partial charge in [-0.2, -0.15) is 0 Å². The van der Waals surface area contributed by atoms with Crippen LogP contribution < -0.4 is 0 Å². The summed E-state index contributed by atoms with van der Waals surface area (Å²) >= 11 is 0. The molecule has 0 spiro atoms. The number of hydrogen-bond acceptors (Lipinski definition) is 1. The van der Waals surface area contributed by atoms with Crippen LogP contribution in [0.2, 0.25) is 0 Å². The highest BCUT2D eigenvalue weighted by Crippen LogP contribution is 1.30. The largest absolute Gasteiger partial charge is 0.412 e. The van der Waals surface area contributed by atoms with E-state index in [2.05, 4.69) is 0 Å². The standard InChI is InChI=1S/C2H6O.16H2O/c1-2-3;;;;;;;;;;;;;;;;/h3H,2H2,1H3;16*1H2. The summed E-state index contributed by atoms with van der Waals surface area (Å²) in [6.07, 6.45) is 0. The lowest BCUT2D eigenvalue weighted by Crippen LogP contribution is -1.57. The second-order valence-corrected chi connectivity index (χ2v) is 0.316. The van der Waals surface area contributed by atoms with E-state index in [0.29, 0.717) is 0 Å². The maximum absolute atomic E-state index is 7.57. The predicted molar refractivity (Wildman–Crippen MR) is 70.6 cm³/mol. The molecule has 0 unspecified atom stereocenters. The molecule has 33 N–H and O–H groups in total. The van der Waals surface area contributed by atoms with E-state index >= 15 is 0 Å². The Morgan fingerprint density at radius 3 is 0.368 bits per heavy atom. The van der Waals surface area contributed by atoms with E-state index in [0.717, 1.165) is 0 Å². The number of aliphatic hydroxyl groups excluding tert-OH is 1. The summed E-state index contributed by atoms with van der Waals surface area (Å²) in [5.41, 5.74) is 0. The zero-order valence-corrected chi connectivity index (χ0v) is 10.2. The highest BCUT2D eigenvalue weighted by molar-refractivity contribution is 3.84. The van der Waals surface area contributed by atoms with Crippen LogP contribution in [0.4, 0.5) is 0 Å². The summed E-state index contributed by atoms with van der Waals surface area (Å²) in [6.45, 7) is 1.93. The van der Waals surface area contributed by atoms with Crippen LogP contribution in [-0.2, 0) is 0 Å². The molecular weight excluding hydrogens is 296 g/mol. The SMILES string of the molecule is CCO.O.O.O.O.O.O.O.O.O.O.O.O.O.O.O.O. The Bertz CT molecular complexity index is 9.22. The van der Waals surface area contributed by atoms with Gasteiger partial charge in [0, 0.05) is 6.61 Å². The third-order valence-electron chi connectivity index (χ3n) is 0. The normalized spacial score (nSPS) is 0.947. The number of hydrogen-bond donors (Lipinski definition) is 1. The second kappa shape index (κ2) is 45000. The van der Waals surface area contributed by atoms with Crippen LogP contribution in [0.25, 0.3) is 0 Å². The van der Waals surface area contributed by atoms with Crippen molar-refractivity contribution in [2.45, 2.75) is 6.92 Å². The molecule has 0 aliphatic rings. The van der Waals surface area contributed by atoms with Crippen molar-refractivity contribution in [2.75, 3.05) is 6.61 Å². The molecule has 0 fully saturated rings. The summed E-state index contributed by atoms with van der Waals surface area (Å²) < 4.78 is 0. The molecule has 0 saturated carbocycles. The van der Waals surface area contributed by atoms with Gasteiger partial charge in [-0.3, -0.25) is 0 Å². The van der Waals surface area contributed by atoms with E-state index in [1.165, 1.54) is 0 Å². The zero-order valence-electron chi connectivity index (χ0n) is 10.2. The molecule has 0 radical (unpaired) electrons. The molecule has 0 bridgehead atoms. The maximum Gasteiger partial charge on any atom is 0.0402 e. The molecule has 17 nitrogen and oxygen atoms in total. The van der Waals surface area contributed by atoms with Gasteiger partial charge in [-0.25, -0.2) is 0 Å². The fraction of sp³-hybridized carbons (Fsp3) is 1.00. The van der Waals surface area contributed by atoms with Crippen LogP contribution in [0.5, 0.6) is 0 Å². The molecule has 0 atom stereocenters. The van der Waals surface area contributed by atoms with Crippen molar-refractivity contribution in [1.82, 2.24) is 0 Å². The van der Waals surface area contributed by atoms with E-state index < -0.39 is 0 Å². The summed E-state index contributed by atoms with van der Waals surface area (Å²) in [5, 5.41) is 7.57. The topological polar surface area (TPSA) is 524 Å². The first-order chi connectivity index (χ1) is 1.41. The van der Waals surface area contributed by atoms with Gasteiger partial charge in [0.25, 0.3) is 0 Å². The molecule has 19 heavy (non-hydrogen) atoms. The quantitative estimate of drug-likeness (QED) is 0.442. The first-order valence-corrected chi connectivity index (χ1v) is 1.02. The Hall–Kier alpha value is -0.680. The molecule has 0 saturated heterocycles. The van der Waals surface area contributed by atoms with Crippen molar-refractivity contribution in [2.24, 2.45) is 0 Å². The van der Waals surface area contributed by atoms with Gasteiger partial charge in [0.15, 0.2) is 0 Å². The van der Waals surface area contributed by atoms with Gasteiger partial charge in [0.05, 0.1) is 0 Å². The van der Waals surface area contributed by atoms with Crippen molar-refractivity contribution in [3.8, 4) is 0 Å². The summed E-state index contributed by atoms with van der Waals surface area (Å²) in [6, 6.07) is 0. The van der Waals surface area contributed by atoms with Crippen molar-refractivity contribution in [1.29, 1.82) is 0 Å². The second-order valence-electron chi connectivity index (χ2n) is 0.316.